The van der Waals surface area contributed by atoms with Gasteiger partial charge in [0.15, 0.2) is 5.96 Å². The van der Waals surface area contributed by atoms with E-state index in [0.717, 1.165) is 38.7 Å². The monoisotopic (exact) mass is 438 g/mol. The van der Waals surface area contributed by atoms with Gasteiger partial charge in [-0.15, -0.1) is 24.0 Å². The molecular formula is C17H35IN4O. The van der Waals surface area contributed by atoms with Gasteiger partial charge in [0.05, 0.1) is 13.2 Å². The summed E-state index contributed by atoms with van der Waals surface area (Å²) in [6.07, 6.45) is 5.10. The zero-order chi connectivity index (χ0) is 15.8. The van der Waals surface area contributed by atoms with E-state index >= 15 is 0 Å². The summed E-state index contributed by atoms with van der Waals surface area (Å²) in [5.41, 5.74) is 0. The van der Waals surface area contributed by atoms with Crippen LogP contribution in [0.15, 0.2) is 4.99 Å². The van der Waals surface area contributed by atoms with E-state index < -0.39 is 0 Å². The second-order valence-corrected chi connectivity index (χ2v) is 6.56. The van der Waals surface area contributed by atoms with Crippen LogP contribution in [-0.2, 0) is 4.74 Å². The van der Waals surface area contributed by atoms with Gasteiger partial charge in [0.1, 0.15) is 0 Å². The van der Waals surface area contributed by atoms with Crippen molar-refractivity contribution in [3.05, 3.63) is 0 Å². The zero-order valence-electron chi connectivity index (χ0n) is 15.1. The van der Waals surface area contributed by atoms with Crippen molar-refractivity contribution in [3.63, 3.8) is 0 Å². The minimum absolute atomic E-state index is 0. The fraction of sp³-hybridized carbons (Fsp3) is 0.941. The highest BCUT2D eigenvalue weighted by Crippen LogP contribution is 2.17. The molecule has 0 spiro atoms. The molecule has 0 aliphatic carbocycles. The minimum Gasteiger partial charge on any atom is -0.384 e. The highest BCUT2D eigenvalue weighted by atomic mass is 127. The molecule has 2 saturated heterocycles. The van der Waals surface area contributed by atoms with Crippen LogP contribution in [0.4, 0.5) is 0 Å². The number of likely N-dealkylation sites (tertiary alicyclic amines) is 2. The van der Waals surface area contributed by atoms with E-state index in [1.807, 2.05) is 0 Å². The lowest BCUT2D eigenvalue weighted by molar-refractivity contribution is 0.157. The second kappa shape index (κ2) is 11.5. The van der Waals surface area contributed by atoms with Crippen molar-refractivity contribution in [1.29, 1.82) is 0 Å². The standard InChI is InChI=1S/C17H34N4O.HI/c1-4-16(20-9-6-7-10-20)12-19-17(18-5-2)21-11-8-15(13-21)14-22-3;/h15-16H,4-14H2,1-3H3,(H,18,19);1H. The Morgan fingerprint density at radius 1 is 1.26 bits per heavy atom. The summed E-state index contributed by atoms with van der Waals surface area (Å²) >= 11 is 0. The third kappa shape index (κ3) is 6.38. The summed E-state index contributed by atoms with van der Waals surface area (Å²) in [6, 6.07) is 0.605. The zero-order valence-corrected chi connectivity index (χ0v) is 17.4. The largest absolute Gasteiger partial charge is 0.384 e. The van der Waals surface area contributed by atoms with Crippen LogP contribution in [0.2, 0.25) is 0 Å². The van der Waals surface area contributed by atoms with Crippen LogP contribution in [0.1, 0.15) is 39.5 Å². The lowest BCUT2D eigenvalue weighted by atomic mass is 10.1. The van der Waals surface area contributed by atoms with Crippen molar-refractivity contribution >= 4 is 29.9 Å². The molecular weight excluding hydrogens is 403 g/mol. The predicted molar refractivity (Wildman–Crippen MR) is 108 cm³/mol. The second-order valence-electron chi connectivity index (χ2n) is 6.56. The van der Waals surface area contributed by atoms with Crippen molar-refractivity contribution in [2.75, 3.05) is 53.0 Å². The summed E-state index contributed by atoms with van der Waals surface area (Å²) in [5.74, 6) is 1.74. The normalized spacial score (nSPS) is 23.9. The molecule has 0 aromatic carbocycles. The first-order chi connectivity index (χ1) is 10.8. The number of ether oxygens (including phenoxy) is 1. The summed E-state index contributed by atoms with van der Waals surface area (Å²) in [7, 11) is 1.80. The van der Waals surface area contributed by atoms with Crippen LogP contribution in [0, 0.1) is 5.92 Å². The molecule has 2 rings (SSSR count). The maximum atomic E-state index is 5.30. The maximum absolute atomic E-state index is 5.30. The average molecular weight is 438 g/mol. The molecule has 136 valence electrons. The molecule has 6 heteroatoms. The highest BCUT2D eigenvalue weighted by Gasteiger charge is 2.25. The van der Waals surface area contributed by atoms with E-state index in [2.05, 4.69) is 29.0 Å². The number of methoxy groups -OCH3 is 1. The van der Waals surface area contributed by atoms with Crippen LogP contribution in [-0.4, -0.2) is 74.8 Å². The molecule has 2 atom stereocenters. The van der Waals surface area contributed by atoms with Crippen molar-refractivity contribution in [2.24, 2.45) is 10.9 Å². The first kappa shape index (κ1) is 21.0. The number of nitrogens with one attached hydrogen (secondary N) is 1. The van der Waals surface area contributed by atoms with Crippen LogP contribution < -0.4 is 5.32 Å². The van der Waals surface area contributed by atoms with Crippen LogP contribution in [0.5, 0.6) is 0 Å². The molecule has 0 saturated carbocycles. The van der Waals surface area contributed by atoms with Crippen LogP contribution in [0.25, 0.3) is 0 Å². The Morgan fingerprint density at radius 2 is 2.00 bits per heavy atom. The summed E-state index contributed by atoms with van der Waals surface area (Å²) < 4.78 is 5.30. The van der Waals surface area contributed by atoms with Gasteiger partial charge in [0.2, 0.25) is 0 Å². The van der Waals surface area contributed by atoms with Crippen molar-refractivity contribution in [1.82, 2.24) is 15.1 Å². The quantitative estimate of drug-likeness (QED) is 0.377. The van der Waals surface area contributed by atoms with Gasteiger partial charge in [-0.3, -0.25) is 9.89 Å². The minimum atomic E-state index is 0. The van der Waals surface area contributed by atoms with Gasteiger partial charge in [-0.05, 0) is 45.7 Å². The number of rotatable bonds is 7. The summed E-state index contributed by atoms with van der Waals surface area (Å²) in [5, 5.41) is 3.47. The molecule has 2 heterocycles. The van der Waals surface area contributed by atoms with Gasteiger partial charge in [-0.25, -0.2) is 0 Å². The lowest BCUT2D eigenvalue weighted by Gasteiger charge is -2.27. The molecule has 0 amide bonds. The number of nitrogens with zero attached hydrogens (tertiary/aromatic N) is 3. The number of halogens is 1. The third-order valence-electron chi connectivity index (χ3n) is 4.90. The molecule has 23 heavy (non-hydrogen) atoms. The number of hydrogen-bond acceptors (Lipinski definition) is 3. The summed E-state index contributed by atoms with van der Waals surface area (Å²) in [6.45, 7) is 11.8. The Balaban J connectivity index is 0.00000264. The van der Waals surface area contributed by atoms with E-state index in [1.165, 1.54) is 38.8 Å². The van der Waals surface area contributed by atoms with Crippen molar-refractivity contribution < 1.29 is 4.74 Å². The highest BCUT2D eigenvalue weighted by molar-refractivity contribution is 14.0. The topological polar surface area (TPSA) is 40.1 Å². The molecule has 0 bridgehead atoms. The molecule has 5 nitrogen and oxygen atoms in total. The molecule has 0 aromatic rings. The first-order valence-electron chi connectivity index (χ1n) is 9.04. The Bertz CT molecular complexity index is 347. The smallest absolute Gasteiger partial charge is 0.193 e. The van der Waals surface area contributed by atoms with E-state index in [0.29, 0.717) is 12.0 Å². The number of guanidine groups is 1. The SMILES string of the molecule is CCNC(=NCC(CC)N1CCCC1)N1CCC(COC)C1.I. The molecule has 2 unspecified atom stereocenters. The number of hydrogen-bond donors (Lipinski definition) is 1. The molecule has 1 N–H and O–H groups in total. The first-order valence-corrected chi connectivity index (χ1v) is 9.04. The fourth-order valence-corrected chi connectivity index (χ4v) is 3.62. The Labute approximate surface area is 159 Å². The van der Waals surface area contributed by atoms with Gasteiger partial charge in [-0.2, -0.15) is 0 Å². The van der Waals surface area contributed by atoms with Crippen molar-refractivity contribution in [2.45, 2.75) is 45.6 Å². The molecule has 0 aromatic heterocycles. The molecule has 2 fully saturated rings. The van der Waals surface area contributed by atoms with Gasteiger partial charge in [0, 0.05) is 38.7 Å². The van der Waals surface area contributed by atoms with Gasteiger partial charge < -0.3 is 15.0 Å². The Morgan fingerprint density at radius 3 is 2.61 bits per heavy atom. The molecule has 2 aliphatic heterocycles. The molecule has 2 aliphatic rings. The van der Waals surface area contributed by atoms with Gasteiger partial charge >= 0.3 is 0 Å². The van der Waals surface area contributed by atoms with E-state index in [4.69, 9.17) is 9.73 Å². The predicted octanol–water partition coefficient (Wildman–Crippen LogP) is 2.41. The van der Waals surface area contributed by atoms with Gasteiger partial charge in [0.25, 0.3) is 0 Å². The lowest BCUT2D eigenvalue weighted by Crippen LogP contribution is -2.42. The maximum Gasteiger partial charge on any atom is 0.193 e. The van der Waals surface area contributed by atoms with E-state index in [9.17, 15) is 0 Å². The molecule has 0 radical (unpaired) electrons. The van der Waals surface area contributed by atoms with Gasteiger partial charge in [-0.1, -0.05) is 6.92 Å². The fourth-order valence-electron chi connectivity index (χ4n) is 3.62. The Kier molecular flexibility index (Phi) is 10.5. The van der Waals surface area contributed by atoms with Crippen LogP contribution in [0.3, 0.4) is 0 Å². The van der Waals surface area contributed by atoms with Crippen LogP contribution >= 0.6 is 24.0 Å². The van der Waals surface area contributed by atoms with E-state index in [-0.39, 0.29) is 24.0 Å². The van der Waals surface area contributed by atoms with E-state index in [1.54, 1.807) is 7.11 Å². The number of aliphatic imine (C=N–C) groups is 1. The summed E-state index contributed by atoms with van der Waals surface area (Å²) in [4.78, 5) is 9.98. The average Bonchev–Trinajstić information content (AvgIpc) is 3.19. The Hall–Kier alpha value is -0.0800. The third-order valence-corrected chi connectivity index (χ3v) is 4.90. The van der Waals surface area contributed by atoms with Crippen molar-refractivity contribution in [3.8, 4) is 0 Å².